The number of rotatable bonds is 7. The minimum atomic E-state index is -4.14. The Morgan fingerprint density at radius 2 is 1.75 bits per heavy atom. The molecule has 0 radical (unpaired) electrons. The van der Waals surface area contributed by atoms with E-state index in [2.05, 4.69) is 5.32 Å². The number of nitro benzene ring substituents is 1. The molecule has 0 fully saturated rings. The molecule has 2 aromatic rings. The maximum Gasteiger partial charge on any atom is 0.273 e. The summed E-state index contributed by atoms with van der Waals surface area (Å²) in [6.07, 6.45) is 0. The van der Waals surface area contributed by atoms with E-state index in [9.17, 15) is 23.3 Å². The van der Waals surface area contributed by atoms with Gasteiger partial charge in [0, 0.05) is 18.2 Å². The van der Waals surface area contributed by atoms with Crippen molar-refractivity contribution in [3.63, 3.8) is 0 Å². The van der Waals surface area contributed by atoms with E-state index in [-0.39, 0.29) is 38.4 Å². The summed E-state index contributed by atoms with van der Waals surface area (Å²) in [5, 5.41) is 14.0. The average molecular weight is 446 g/mol. The van der Waals surface area contributed by atoms with Crippen molar-refractivity contribution in [2.75, 3.05) is 18.4 Å². The van der Waals surface area contributed by atoms with Crippen LogP contribution in [-0.4, -0.2) is 36.6 Å². The van der Waals surface area contributed by atoms with Gasteiger partial charge in [-0.25, -0.2) is 8.42 Å². The minimum absolute atomic E-state index is 0.000469. The van der Waals surface area contributed by atoms with E-state index in [1.165, 1.54) is 37.3 Å². The fourth-order valence-corrected chi connectivity index (χ4v) is 4.68. The summed E-state index contributed by atoms with van der Waals surface area (Å²) in [6, 6.07) is 8.44. The highest BCUT2D eigenvalue weighted by atomic mass is 35.5. The highest BCUT2D eigenvalue weighted by Gasteiger charge is 2.29. The van der Waals surface area contributed by atoms with Gasteiger partial charge in [-0.3, -0.25) is 14.9 Å². The van der Waals surface area contributed by atoms with Crippen LogP contribution in [0.5, 0.6) is 0 Å². The zero-order valence-corrected chi connectivity index (χ0v) is 17.3. The van der Waals surface area contributed by atoms with Crippen molar-refractivity contribution in [1.29, 1.82) is 0 Å². The van der Waals surface area contributed by atoms with Crippen molar-refractivity contribution in [2.45, 2.75) is 18.7 Å². The molecule has 0 aliphatic rings. The normalized spacial score (nSPS) is 11.5. The average Bonchev–Trinajstić information content (AvgIpc) is 2.62. The summed E-state index contributed by atoms with van der Waals surface area (Å²) in [4.78, 5) is 22.6. The lowest BCUT2D eigenvalue weighted by atomic mass is 10.2. The zero-order valence-electron chi connectivity index (χ0n) is 15.0. The fourth-order valence-electron chi connectivity index (χ4n) is 2.54. The number of nitrogens with zero attached hydrogens (tertiary/aromatic N) is 2. The van der Waals surface area contributed by atoms with Gasteiger partial charge in [0.25, 0.3) is 5.69 Å². The van der Waals surface area contributed by atoms with Crippen LogP contribution in [-0.2, 0) is 14.8 Å². The number of hydrogen-bond donors (Lipinski definition) is 1. The number of halogens is 2. The van der Waals surface area contributed by atoms with Crippen LogP contribution in [0, 0.1) is 17.0 Å². The number of amides is 1. The van der Waals surface area contributed by atoms with Crippen LogP contribution in [0.1, 0.15) is 12.5 Å². The third kappa shape index (κ3) is 4.61. The molecule has 0 atom stereocenters. The lowest BCUT2D eigenvalue weighted by Crippen LogP contribution is -2.38. The number of carbonyl (C=O) groups is 1. The summed E-state index contributed by atoms with van der Waals surface area (Å²) < 4.78 is 26.8. The highest BCUT2D eigenvalue weighted by Crippen LogP contribution is 2.30. The molecule has 28 heavy (non-hydrogen) atoms. The molecule has 0 unspecified atom stereocenters. The van der Waals surface area contributed by atoms with Gasteiger partial charge in [-0.1, -0.05) is 42.3 Å². The highest BCUT2D eigenvalue weighted by molar-refractivity contribution is 7.89. The molecule has 0 spiro atoms. The van der Waals surface area contributed by atoms with Crippen molar-refractivity contribution in [2.24, 2.45) is 0 Å². The van der Waals surface area contributed by atoms with Crippen LogP contribution in [0.25, 0.3) is 0 Å². The number of nitrogens with one attached hydrogen (secondary N) is 1. The van der Waals surface area contributed by atoms with Crippen LogP contribution in [0.2, 0.25) is 10.0 Å². The number of hydrogen-bond acceptors (Lipinski definition) is 5. The van der Waals surface area contributed by atoms with Crippen molar-refractivity contribution in [1.82, 2.24) is 4.31 Å². The molecule has 0 aromatic heterocycles. The van der Waals surface area contributed by atoms with Crippen LogP contribution in [0.15, 0.2) is 41.3 Å². The number of sulfonamides is 1. The van der Waals surface area contributed by atoms with Gasteiger partial charge < -0.3 is 5.32 Å². The number of anilines is 1. The first-order valence-corrected chi connectivity index (χ1v) is 10.3. The second kappa shape index (κ2) is 8.87. The monoisotopic (exact) mass is 445 g/mol. The predicted molar refractivity (Wildman–Crippen MR) is 107 cm³/mol. The molecule has 0 bridgehead atoms. The van der Waals surface area contributed by atoms with Gasteiger partial charge in [0.05, 0.1) is 32.1 Å². The first kappa shape index (κ1) is 22.1. The van der Waals surface area contributed by atoms with Gasteiger partial charge in [-0.2, -0.15) is 4.31 Å². The molecule has 0 heterocycles. The molecule has 0 aliphatic heterocycles. The number of nitro groups is 1. The van der Waals surface area contributed by atoms with Crippen LogP contribution < -0.4 is 5.32 Å². The first-order chi connectivity index (χ1) is 13.1. The van der Waals surface area contributed by atoms with Crippen LogP contribution in [0.3, 0.4) is 0 Å². The van der Waals surface area contributed by atoms with Gasteiger partial charge in [0.15, 0.2) is 0 Å². The van der Waals surface area contributed by atoms with Crippen molar-refractivity contribution < 1.29 is 18.1 Å². The standard InChI is InChI=1S/C17H17Cl2N3O5S/c1-3-21(10-16(23)20-17-12(18)6-4-7-13(17)19)28(26,27)15-9-5-8-14(11(15)2)22(24)25/h4-9H,3,10H2,1-2H3,(H,20,23). The largest absolute Gasteiger partial charge is 0.322 e. The molecule has 1 N–H and O–H groups in total. The van der Waals surface area contributed by atoms with Gasteiger partial charge in [-0.05, 0) is 25.1 Å². The fraction of sp³-hybridized carbons (Fsp3) is 0.235. The van der Waals surface area contributed by atoms with E-state index in [0.717, 1.165) is 4.31 Å². The van der Waals surface area contributed by atoms with Gasteiger partial charge >= 0.3 is 0 Å². The molecule has 8 nitrogen and oxygen atoms in total. The van der Waals surface area contributed by atoms with E-state index >= 15 is 0 Å². The van der Waals surface area contributed by atoms with E-state index in [1.54, 1.807) is 13.0 Å². The quantitative estimate of drug-likeness (QED) is 0.513. The number of carbonyl (C=O) groups excluding carboxylic acids is 1. The van der Waals surface area contributed by atoms with Crippen molar-refractivity contribution in [3.05, 3.63) is 62.1 Å². The maximum absolute atomic E-state index is 13.0. The first-order valence-electron chi connectivity index (χ1n) is 8.07. The smallest absolute Gasteiger partial charge is 0.273 e. The number of likely N-dealkylation sites (N-methyl/N-ethyl adjacent to an activating group) is 1. The molecule has 150 valence electrons. The maximum atomic E-state index is 13.0. The van der Waals surface area contributed by atoms with E-state index in [1.807, 2.05) is 0 Å². The van der Waals surface area contributed by atoms with E-state index < -0.39 is 27.4 Å². The molecule has 0 saturated heterocycles. The Morgan fingerprint density at radius 3 is 2.29 bits per heavy atom. The van der Waals surface area contributed by atoms with E-state index in [4.69, 9.17) is 23.2 Å². The van der Waals surface area contributed by atoms with Crippen molar-refractivity contribution in [3.8, 4) is 0 Å². The predicted octanol–water partition coefficient (Wildman–Crippen LogP) is 3.86. The van der Waals surface area contributed by atoms with Gasteiger partial charge in [-0.15, -0.1) is 0 Å². The molecule has 11 heteroatoms. The van der Waals surface area contributed by atoms with Gasteiger partial charge in [0.1, 0.15) is 0 Å². The summed E-state index contributed by atoms with van der Waals surface area (Å²) in [5.74, 6) is -0.650. The number of para-hydroxylation sites is 1. The lowest BCUT2D eigenvalue weighted by Gasteiger charge is -2.21. The second-order valence-corrected chi connectivity index (χ2v) is 8.45. The SMILES string of the molecule is CCN(CC(=O)Nc1c(Cl)cccc1Cl)S(=O)(=O)c1cccc([N+](=O)[O-])c1C. The Hall–Kier alpha value is -2.20. The number of benzene rings is 2. The van der Waals surface area contributed by atoms with Crippen molar-refractivity contribution >= 4 is 50.5 Å². The van der Waals surface area contributed by atoms with Crippen LogP contribution >= 0.6 is 23.2 Å². The van der Waals surface area contributed by atoms with Gasteiger partial charge in [0.2, 0.25) is 15.9 Å². The Bertz CT molecular complexity index is 1010. The molecular weight excluding hydrogens is 429 g/mol. The second-order valence-electron chi connectivity index (χ2n) is 5.73. The Balaban J connectivity index is 2.31. The topological polar surface area (TPSA) is 110 Å². The Morgan fingerprint density at radius 1 is 1.18 bits per heavy atom. The Labute approximate surface area is 172 Å². The Kier molecular flexibility index (Phi) is 7.00. The molecule has 1 amide bonds. The third-order valence-corrected chi connectivity index (χ3v) is 6.67. The molecule has 2 aromatic carbocycles. The summed E-state index contributed by atoms with van der Waals surface area (Å²) >= 11 is 12.0. The zero-order chi connectivity index (χ0) is 21.1. The molecular formula is C17H17Cl2N3O5S. The third-order valence-electron chi connectivity index (χ3n) is 3.97. The summed E-state index contributed by atoms with van der Waals surface area (Å²) in [7, 11) is -4.14. The molecule has 2 rings (SSSR count). The lowest BCUT2D eigenvalue weighted by molar-refractivity contribution is -0.385. The van der Waals surface area contributed by atoms with Crippen LogP contribution in [0.4, 0.5) is 11.4 Å². The molecule has 0 saturated carbocycles. The van der Waals surface area contributed by atoms with E-state index in [0.29, 0.717) is 0 Å². The minimum Gasteiger partial charge on any atom is -0.322 e. The summed E-state index contributed by atoms with van der Waals surface area (Å²) in [5.41, 5.74) is -0.138. The summed E-state index contributed by atoms with van der Waals surface area (Å²) in [6.45, 7) is 2.37. The molecule has 0 aliphatic carbocycles.